The molecule has 6 amide bonds. The molecular formula is C29H46N10O13S2. The first-order valence-corrected chi connectivity index (χ1v) is 18.5. The summed E-state index contributed by atoms with van der Waals surface area (Å²) in [6.45, 7) is 1.58. The van der Waals surface area contributed by atoms with Gasteiger partial charge in [-0.05, 0) is 12.8 Å². The fourth-order valence-corrected chi connectivity index (χ4v) is 6.07. The van der Waals surface area contributed by atoms with E-state index in [4.69, 9.17) is 16.6 Å². The highest BCUT2D eigenvalue weighted by Gasteiger charge is 2.30. The second-order valence-corrected chi connectivity index (χ2v) is 14.2. The number of rotatable bonds is 24. The Hall–Kier alpha value is -4.82. The van der Waals surface area contributed by atoms with Gasteiger partial charge in [-0.15, -0.1) is 0 Å². The highest BCUT2D eigenvalue weighted by atomic mass is 33.1. The van der Waals surface area contributed by atoms with E-state index in [1.54, 1.807) is 13.8 Å². The molecule has 0 aliphatic rings. The fourth-order valence-electron chi connectivity index (χ4n) is 4.17. The summed E-state index contributed by atoms with van der Waals surface area (Å²) in [7, 11) is 2.39. The van der Waals surface area contributed by atoms with Crippen LogP contribution in [0.5, 0.6) is 5.88 Å². The quantitative estimate of drug-likeness (QED) is 0.0265. The molecule has 302 valence electrons. The second kappa shape index (κ2) is 23.8. The SMILES string of the molecule is CC(C)[C@H](NC(=O)[C@H](CO)NC(=O)CN)C(=O)NCC(=O)N[C@@H](CC(=O)O)C(=O)NC(=O)Cn1c([C@H](C)N)nc(C=NC(CSSCCO)C(=O)O)c1O. The molecular weight excluding hydrogens is 761 g/mol. The van der Waals surface area contributed by atoms with Crippen LogP contribution in [0.4, 0.5) is 0 Å². The van der Waals surface area contributed by atoms with Crippen molar-refractivity contribution in [3.05, 3.63) is 11.5 Å². The van der Waals surface area contributed by atoms with E-state index in [1.807, 2.05) is 5.32 Å². The topological polar surface area (TPSA) is 380 Å². The van der Waals surface area contributed by atoms with Gasteiger partial charge in [0.15, 0.2) is 6.04 Å². The molecule has 1 aromatic heterocycles. The van der Waals surface area contributed by atoms with E-state index < -0.39 is 122 Å². The highest BCUT2D eigenvalue weighted by molar-refractivity contribution is 8.76. The van der Waals surface area contributed by atoms with Gasteiger partial charge in [0.05, 0.1) is 45.0 Å². The van der Waals surface area contributed by atoms with Crippen molar-refractivity contribution in [1.29, 1.82) is 0 Å². The van der Waals surface area contributed by atoms with Crippen molar-refractivity contribution in [3.8, 4) is 5.88 Å². The monoisotopic (exact) mass is 806 g/mol. The fraction of sp³-hybridized carbons (Fsp3) is 0.586. The van der Waals surface area contributed by atoms with E-state index in [1.165, 1.54) is 17.7 Å². The van der Waals surface area contributed by atoms with Crippen LogP contribution in [0.25, 0.3) is 0 Å². The van der Waals surface area contributed by atoms with Gasteiger partial charge in [-0.1, -0.05) is 35.4 Å². The molecule has 0 aromatic carbocycles. The first-order valence-electron chi connectivity index (χ1n) is 16.1. The average Bonchev–Trinajstić information content (AvgIpc) is 3.41. The third-order valence-electron chi connectivity index (χ3n) is 6.83. The number of nitrogens with zero attached hydrogens (tertiary/aromatic N) is 3. The van der Waals surface area contributed by atoms with Crippen molar-refractivity contribution in [1.82, 2.24) is 36.1 Å². The summed E-state index contributed by atoms with van der Waals surface area (Å²) in [5, 5.41) is 58.6. The van der Waals surface area contributed by atoms with Crippen molar-refractivity contribution in [2.75, 3.05) is 37.8 Å². The molecule has 1 aromatic rings. The van der Waals surface area contributed by atoms with E-state index in [0.29, 0.717) is 5.75 Å². The normalized spacial score (nSPS) is 14.0. The molecule has 54 heavy (non-hydrogen) atoms. The molecule has 0 saturated heterocycles. The first-order chi connectivity index (χ1) is 25.4. The molecule has 0 saturated carbocycles. The zero-order valence-electron chi connectivity index (χ0n) is 29.5. The van der Waals surface area contributed by atoms with Crippen LogP contribution in [-0.4, -0.2) is 151 Å². The number of carbonyl (C=O) groups is 8. The summed E-state index contributed by atoms with van der Waals surface area (Å²) in [6, 6.07) is -6.67. The number of aliphatic carboxylic acids is 2. The maximum atomic E-state index is 12.9. The van der Waals surface area contributed by atoms with E-state index in [9.17, 15) is 58.8 Å². The second-order valence-electron chi connectivity index (χ2n) is 11.6. The number of nitrogens with one attached hydrogen (secondary N) is 5. The van der Waals surface area contributed by atoms with Gasteiger partial charge in [0.25, 0.3) is 0 Å². The lowest BCUT2D eigenvalue weighted by molar-refractivity contribution is -0.142. The van der Waals surface area contributed by atoms with Crippen molar-refractivity contribution >= 4 is 75.2 Å². The Morgan fingerprint density at radius 3 is 2.09 bits per heavy atom. The molecule has 1 heterocycles. The number of hydrogen-bond donors (Lipinski definition) is 12. The van der Waals surface area contributed by atoms with Crippen molar-refractivity contribution < 1.29 is 63.9 Å². The summed E-state index contributed by atoms with van der Waals surface area (Å²) >= 11 is 0. The van der Waals surface area contributed by atoms with Crippen LogP contribution in [0, 0.1) is 5.92 Å². The number of carboxylic acids is 2. The van der Waals surface area contributed by atoms with E-state index in [0.717, 1.165) is 21.6 Å². The Morgan fingerprint density at radius 1 is 0.907 bits per heavy atom. The van der Waals surface area contributed by atoms with E-state index >= 15 is 0 Å². The number of amides is 6. The summed E-state index contributed by atoms with van der Waals surface area (Å²) in [4.78, 5) is 107. The van der Waals surface area contributed by atoms with Gasteiger partial charge < -0.3 is 58.3 Å². The molecule has 5 atom stereocenters. The Morgan fingerprint density at radius 2 is 1.56 bits per heavy atom. The predicted molar refractivity (Wildman–Crippen MR) is 193 cm³/mol. The third kappa shape index (κ3) is 16.0. The number of aliphatic imine (C=N–C) groups is 1. The van der Waals surface area contributed by atoms with Crippen LogP contribution in [0.2, 0.25) is 0 Å². The van der Waals surface area contributed by atoms with Gasteiger partial charge in [-0.2, -0.15) is 0 Å². The maximum Gasteiger partial charge on any atom is 0.329 e. The minimum absolute atomic E-state index is 0.0173. The first kappa shape index (κ1) is 47.2. The van der Waals surface area contributed by atoms with E-state index in [2.05, 4.69) is 31.2 Å². The summed E-state index contributed by atoms with van der Waals surface area (Å²) in [5.74, 6) is -9.70. The van der Waals surface area contributed by atoms with Crippen LogP contribution >= 0.6 is 21.6 Å². The van der Waals surface area contributed by atoms with Crippen molar-refractivity contribution in [2.45, 2.75) is 63.9 Å². The van der Waals surface area contributed by atoms with Gasteiger partial charge in [0.2, 0.25) is 41.3 Å². The standard InChI is InChI=1S/C29H46N10O13S2/c1-13(2)23(38-26(48)17(11-41)35-19(42)7-30)27(49)33-9-20(43)34-15(6-22(45)46)25(47)37-21(44)10-39-24(14(3)31)36-16(28(39)50)8-32-18(29(51)52)12-54-53-5-4-40/h8,13-15,17-18,23,40-41,50H,4-7,9-12,30-31H2,1-3H3,(H,33,49)(H,34,43)(H,35,42)(H,38,48)(H,45,46)(H,51,52)(H,37,44,47)/t14-,15-,17-,18?,23-/m0/s1. The number of imide groups is 1. The number of hydrogen-bond acceptors (Lipinski definition) is 17. The van der Waals surface area contributed by atoms with Crippen LogP contribution < -0.4 is 38.1 Å². The molecule has 0 radical (unpaired) electrons. The number of aromatic hydroxyl groups is 1. The Bertz CT molecular complexity index is 1540. The number of aromatic nitrogens is 2. The van der Waals surface area contributed by atoms with Crippen LogP contribution in [0.3, 0.4) is 0 Å². The van der Waals surface area contributed by atoms with Crippen LogP contribution in [0.15, 0.2) is 4.99 Å². The minimum Gasteiger partial charge on any atom is -0.493 e. The highest BCUT2D eigenvalue weighted by Crippen LogP contribution is 2.24. The summed E-state index contributed by atoms with van der Waals surface area (Å²) in [5.41, 5.74) is 10.9. The zero-order valence-corrected chi connectivity index (χ0v) is 31.1. The maximum absolute atomic E-state index is 12.9. The summed E-state index contributed by atoms with van der Waals surface area (Å²) < 4.78 is 0.912. The lowest BCUT2D eigenvalue weighted by Gasteiger charge is -2.24. The molecule has 0 aliphatic carbocycles. The van der Waals surface area contributed by atoms with Gasteiger partial charge in [-0.3, -0.25) is 48.4 Å². The molecule has 0 bridgehead atoms. The predicted octanol–water partition coefficient (Wildman–Crippen LogP) is -4.85. The number of nitrogens with two attached hydrogens (primary N) is 2. The Labute approximate surface area is 316 Å². The number of aliphatic hydroxyl groups excluding tert-OH is 2. The smallest absolute Gasteiger partial charge is 0.329 e. The largest absolute Gasteiger partial charge is 0.493 e. The zero-order chi connectivity index (χ0) is 41.1. The number of carboxylic acid groups (broad SMARTS) is 2. The van der Waals surface area contributed by atoms with Crippen LogP contribution in [-0.2, 0) is 44.9 Å². The van der Waals surface area contributed by atoms with Crippen LogP contribution in [0.1, 0.15) is 44.8 Å². The Balaban J connectivity index is 3.01. The molecule has 14 N–H and O–H groups in total. The lowest BCUT2D eigenvalue weighted by Crippen LogP contribution is -2.58. The van der Waals surface area contributed by atoms with Crippen molar-refractivity contribution in [3.63, 3.8) is 0 Å². The van der Waals surface area contributed by atoms with E-state index in [-0.39, 0.29) is 23.9 Å². The molecule has 23 nitrogen and oxygen atoms in total. The van der Waals surface area contributed by atoms with Gasteiger partial charge in [0.1, 0.15) is 36.2 Å². The average molecular weight is 807 g/mol. The number of carbonyl (C=O) groups excluding carboxylic acids is 6. The number of imidazole rings is 1. The molecule has 1 unspecified atom stereocenters. The van der Waals surface area contributed by atoms with Gasteiger partial charge in [-0.25, -0.2) is 9.78 Å². The molecule has 0 fully saturated rings. The van der Waals surface area contributed by atoms with Gasteiger partial charge in [0, 0.05) is 11.5 Å². The molecule has 0 spiro atoms. The molecule has 1 rings (SSSR count). The number of aliphatic hydroxyl groups is 2. The summed E-state index contributed by atoms with van der Waals surface area (Å²) in [6.07, 6.45) is -0.0237. The lowest BCUT2D eigenvalue weighted by atomic mass is 10.0. The minimum atomic E-state index is -1.83. The molecule has 25 heteroatoms. The molecule has 0 aliphatic heterocycles. The third-order valence-corrected chi connectivity index (χ3v) is 9.21. The van der Waals surface area contributed by atoms with Gasteiger partial charge >= 0.3 is 11.9 Å². The Kier molecular flexibility index (Phi) is 20.8. The van der Waals surface area contributed by atoms with Crippen molar-refractivity contribution in [2.24, 2.45) is 22.4 Å².